The molecule has 0 aliphatic carbocycles. The van der Waals surface area contributed by atoms with Gasteiger partial charge in [-0.3, -0.25) is 13.9 Å². The van der Waals surface area contributed by atoms with Gasteiger partial charge in [-0.2, -0.15) is 0 Å². The minimum atomic E-state index is -4.28. The minimum absolute atomic E-state index is 0.0249. The summed E-state index contributed by atoms with van der Waals surface area (Å²) in [6.45, 7) is 5.55. The summed E-state index contributed by atoms with van der Waals surface area (Å²) in [5, 5.41) is 2.80. The number of halogens is 1. The summed E-state index contributed by atoms with van der Waals surface area (Å²) >= 11 is 0. The predicted molar refractivity (Wildman–Crippen MR) is 155 cm³/mol. The largest absolute Gasteiger partial charge is 0.497 e. The molecule has 0 saturated heterocycles. The van der Waals surface area contributed by atoms with Crippen LogP contribution in [0.15, 0.2) is 77.7 Å². The van der Waals surface area contributed by atoms with Gasteiger partial charge in [0.15, 0.2) is 0 Å². The number of carbonyl (C=O) groups is 2. The van der Waals surface area contributed by atoms with Crippen molar-refractivity contribution in [3.63, 3.8) is 0 Å². The first-order valence-corrected chi connectivity index (χ1v) is 14.8. The number of ether oxygens (including phenoxy) is 2. The Morgan fingerprint density at radius 2 is 1.66 bits per heavy atom. The number of nitrogens with one attached hydrogen (secondary N) is 1. The van der Waals surface area contributed by atoms with Crippen LogP contribution >= 0.6 is 0 Å². The molecule has 220 valence electrons. The molecule has 3 aromatic rings. The second-order valence-electron chi connectivity index (χ2n) is 9.23. The number of rotatable bonds is 14. The van der Waals surface area contributed by atoms with E-state index in [-0.39, 0.29) is 23.0 Å². The predicted octanol–water partition coefficient (Wildman–Crippen LogP) is 4.37. The Balaban J connectivity index is 2.01. The van der Waals surface area contributed by atoms with Gasteiger partial charge in [0.1, 0.15) is 29.9 Å². The van der Waals surface area contributed by atoms with E-state index < -0.39 is 34.3 Å². The molecule has 0 bridgehead atoms. The van der Waals surface area contributed by atoms with E-state index in [9.17, 15) is 22.4 Å². The maximum absolute atomic E-state index is 13.9. The van der Waals surface area contributed by atoms with Crippen molar-refractivity contribution in [2.45, 2.75) is 44.7 Å². The second-order valence-corrected chi connectivity index (χ2v) is 11.1. The zero-order chi connectivity index (χ0) is 30.0. The van der Waals surface area contributed by atoms with Crippen molar-refractivity contribution in [2.75, 3.05) is 31.1 Å². The molecule has 0 radical (unpaired) electrons. The van der Waals surface area contributed by atoms with E-state index in [2.05, 4.69) is 5.32 Å². The smallest absolute Gasteiger partial charge is 0.264 e. The van der Waals surface area contributed by atoms with Gasteiger partial charge in [-0.05, 0) is 86.5 Å². The van der Waals surface area contributed by atoms with Crippen LogP contribution in [0.3, 0.4) is 0 Å². The van der Waals surface area contributed by atoms with Crippen molar-refractivity contribution in [1.82, 2.24) is 10.2 Å². The summed E-state index contributed by atoms with van der Waals surface area (Å²) < 4.78 is 53.1. The highest BCUT2D eigenvalue weighted by molar-refractivity contribution is 7.92. The summed E-state index contributed by atoms with van der Waals surface area (Å²) in [5.41, 5.74) is 0.786. The molecule has 3 aromatic carbocycles. The molecule has 0 fully saturated rings. The Hall–Kier alpha value is -4.12. The van der Waals surface area contributed by atoms with Crippen LogP contribution in [0.5, 0.6) is 11.5 Å². The van der Waals surface area contributed by atoms with Gasteiger partial charge in [-0.25, -0.2) is 12.8 Å². The van der Waals surface area contributed by atoms with Crippen LogP contribution in [0, 0.1) is 5.82 Å². The Morgan fingerprint density at radius 1 is 0.976 bits per heavy atom. The van der Waals surface area contributed by atoms with Crippen molar-refractivity contribution in [2.24, 2.45) is 0 Å². The molecular weight excluding hydrogens is 549 g/mol. The van der Waals surface area contributed by atoms with E-state index in [1.807, 2.05) is 13.8 Å². The van der Waals surface area contributed by atoms with Gasteiger partial charge in [0.25, 0.3) is 10.0 Å². The van der Waals surface area contributed by atoms with Crippen molar-refractivity contribution in [1.29, 1.82) is 0 Å². The first-order valence-electron chi connectivity index (χ1n) is 13.3. The molecule has 0 aliphatic rings. The van der Waals surface area contributed by atoms with Gasteiger partial charge in [0.05, 0.1) is 24.3 Å². The lowest BCUT2D eigenvalue weighted by atomic mass is 10.1. The van der Waals surface area contributed by atoms with Crippen LogP contribution in [0.1, 0.15) is 32.8 Å². The monoisotopic (exact) mass is 585 g/mol. The Bertz CT molecular complexity index is 1410. The van der Waals surface area contributed by atoms with Crippen LogP contribution in [0.25, 0.3) is 0 Å². The van der Waals surface area contributed by atoms with Crippen LogP contribution in [0.2, 0.25) is 0 Å². The van der Waals surface area contributed by atoms with Crippen molar-refractivity contribution in [3.05, 3.63) is 84.2 Å². The van der Waals surface area contributed by atoms with Gasteiger partial charge in [-0.1, -0.05) is 19.1 Å². The summed E-state index contributed by atoms with van der Waals surface area (Å²) in [6, 6.07) is 16.8. The number of benzene rings is 3. The van der Waals surface area contributed by atoms with E-state index >= 15 is 0 Å². The molecule has 1 atom stereocenters. The number of sulfonamides is 1. The normalized spacial score (nSPS) is 11.8. The number of hydrogen-bond acceptors (Lipinski definition) is 6. The maximum Gasteiger partial charge on any atom is 0.264 e. The molecule has 0 heterocycles. The zero-order valence-electron chi connectivity index (χ0n) is 23.7. The third kappa shape index (κ3) is 8.20. The van der Waals surface area contributed by atoms with Gasteiger partial charge >= 0.3 is 0 Å². The molecule has 9 nitrogen and oxygen atoms in total. The summed E-state index contributed by atoms with van der Waals surface area (Å²) in [4.78, 5) is 28.1. The number of hydrogen-bond donors (Lipinski definition) is 1. The molecule has 0 saturated carbocycles. The minimum Gasteiger partial charge on any atom is -0.497 e. The number of anilines is 1. The van der Waals surface area contributed by atoms with E-state index in [0.29, 0.717) is 36.6 Å². The molecule has 41 heavy (non-hydrogen) atoms. The molecule has 0 unspecified atom stereocenters. The van der Waals surface area contributed by atoms with Gasteiger partial charge in [0, 0.05) is 13.1 Å². The van der Waals surface area contributed by atoms with Crippen LogP contribution in [-0.2, 0) is 26.2 Å². The van der Waals surface area contributed by atoms with Crippen LogP contribution < -0.4 is 19.1 Å². The fraction of sp³-hybridized carbons (Fsp3) is 0.333. The van der Waals surface area contributed by atoms with Crippen LogP contribution in [0.4, 0.5) is 10.1 Å². The van der Waals surface area contributed by atoms with Crippen molar-refractivity contribution >= 4 is 27.5 Å². The van der Waals surface area contributed by atoms with E-state index in [1.54, 1.807) is 31.2 Å². The molecule has 1 N–H and O–H groups in total. The van der Waals surface area contributed by atoms with E-state index in [1.165, 1.54) is 48.4 Å². The Labute approximate surface area is 240 Å². The highest BCUT2D eigenvalue weighted by Gasteiger charge is 2.32. The highest BCUT2D eigenvalue weighted by Crippen LogP contribution is 2.26. The standard InChI is InChI=1S/C30H36FN3O6S/c1-5-18-32-30(36)22(3)33(20-23-8-7-9-27(19-23)39-4)29(35)21-34(25-12-10-24(31)11-13-25)41(37,38)28-16-14-26(15-17-28)40-6-2/h7-17,19,22H,5-6,18,20-21H2,1-4H3,(H,32,36)/t22-/m0/s1. The number of amides is 2. The first-order chi connectivity index (χ1) is 19.6. The lowest BCUT2D eigenvalue weighted by Gasteiger charge is -2.32. The fourth-order valence-electron chi connectivity index (χ4n) is 4.08. The average molecular weight is 586 g/mol. The summed E-state index contributed by atoms with van der Waals surface area (Å²) in [7, 11) is -2.76. The van der Waals surface area contributed by atoms with Gasteiger partial charge < -0.3 is 19.7 Å². The first kappa shape index (κ1) is 31.4. The molecule has 0 aromatic heterocycles. The highest BCUT2D eigenvalue weighted by atomic mass is 32.2. The number of carbonyl (C=O) groups excluding carboxylic acids is 2. The zero-order valence-corrected chi connectivity index (χ0v) is 24.5. The van der Waals surface area contributed by atoms with E-state index in [0.717, 1.165) is 16.4 Å². The SMILES string of the molecule is CCCNC(=O)[C@H](C)N(Cc1cccc(OC)c1)C(=O)CN(c1ccc(F)cc1)S(=O)(=O)c1ccc(OCC)cc1. The van der Waals surface area contributed by atoms with Gasteiger partial charge in [0.2, 0.25) is 11.8 Å². The lowest BCUT2D eigenvalue weighted by Crippen LogP contribution is -2.51. The van der Waals surface area contributed by atoms with Crippen LogP contribution in [-0.4, -0.2) is 58.0 Å². The molecule has 0 spiro atoms. The third-order valence-corrected chi connectivity index (χ3v) is 8.11. The Morgan fingerprint density at radius 3 is 2.27 bits per heavy atom. The third-order valence-electron chi connectivity index (χ3n) is 6.32. The summed E-state index contributed by atoms with van der Waals surface area (Å²) in [5.74, 6) is -0.479. The lowest BCUT2D eigenvalue weighted by molar-refractivity contribution is -0.139. The molecule has 3 rings (SSSR count). The topological polar surface area (TPSA) is 105 Å². The average Bonchev–Trinajstić information content (AvgIpc) is 2.98. The molecule has 11 heteroatoms. The number of methoxy groups -OCH3 is 1. The summed E-state index contributed by atoms with van der Waals surface area (Å²) in [6.07, 6.45) is 0.709. The quantitative estimate of drug-likeness (QED) is 0.301. The van der Waals surface area contributed by atoms with Gasteiger partial charge in [-0.15, -0.1) is 0 Å². The Kier molecular flexibility index (Phi) is 11.1. The number of nitrogens with zero attached hydrogens (tertiary/aromatic N) is 2. The van der Waals surface area contributed by atoms with E-state index in [4.69, 9.17) is 9.47 Å². The van der Waals surface area contributed by atoms with Crippen molar-refractivity contribution in [3.8, 4) is 11.5 Å². The molecule has 0 aliphatic heterocycles. The second kappa shape index (κ2) is 14.5. The molecule has 2 amide bonds. The molecular formula is C30H36FN3O6S. The maximum atomic E-state index is 13.9. The fourth-order valence-corrected chi connectivity index (χ4v) is 5.50. The van der Waals surface area contributed by atoms with Crippen molar-refractivity contribution < 1.29 is 31.9 Å².